The molecule has 0 bridgehead atoms. The van der Waals surface area contributed by atoms with Gasteiger partial charge >= 0.3 is 0 Å². The van der Waals surface area contributed by atoms with Crippen LogP contribution in [0.2, 0.25) is 0 Å². The average Bonchev–Trinajstić information content (AvgIpc) is 2.54. The van der Waals surface area contributed by atoms with Gasteiger partial charge in [0.15, 0.2) is 11.5 Å². The van der Waals surface area contributed by atoms with Crippen molar-refractivity contribution in [2.24, 2.45) is 0 Å². The Morgan fingerprint density at radius 1 is 1.23 bits per heavy atom. The minimum absolute atomic E-state index is 0. The Morgan fingerprint density at radius 3 is 2.32 bits per heavy atom. The lowest BCUT2D eigenvalue weighted by atomic mass is 10.2. The maximum atomic E-state index is 12.1. The van der Waals surface area contributed by atoms with Gasteiger partial charge in [-0.05, 0) is 0 Å². The molecule has 2 rings (SSSR count). The summed E-state index contributed by atoms with van der Waals surface area (Å²) in [5, 5.41) is 5.90. The molecule has 1 fully saturated rings. The van der Waals surface area contributed by atoms with Crippen molar-refractivity contribution in [3.63, 3.8) is 0 Å². The molecule has 1 aliphatic heterocycles. The van der Waals surface area contributed by atoms with Gasteiger partial charge < -0.3 is 29.6 Å². The van der Waals surface area contributed by atoms with Crippen LogP contribution < -0.4 is 24.8 Å². The van der Waals surface area contributed by atoms with Crippen molar-refractivity contribution in [3.05, 3.63) is 12.1 Å². The number of amides is 1. The van der Waals surface area contributed by atoms with E-state index >= 15 is 0 Å². The fourth-order valence-corrected chi connectivity index (χ4v) is 2.11. The first kappa shape index (κ1) is 18.3. The number of methoxy groups -OCH3 is 3. The van der Waals surface area contributed by atoms with Gasteiger partial charge in [0.05, 0.1) is 27.9 Å². The lowest BCUT2D eigenvalue weighted by Gasteiger charge is -2.23. The fourth-order valence-electron chi connectivity index (χ4n) is 2.11. The number of hydrogen-bond acceptors (Lipinski definition) is 6. The topological polar surface area (TPSA) is 78.1 Å². The largest absolute Gasteiger partial charge is 0.493 e. The van der Waals surface area contributed by atoms with Crippen LogP contribution in [0.1, 0.15) is 0 Å². The van der Waals surface area contributed by atoms with E-state index in [1.54, 1.807) is 12.1 Å². The molecule has 0 aliphatic carbocycles. The fraction of sp³-hybridized carbons (Fsp3) is 0.500. The van der Waals surface area contributed by atoms with E-state index in [0.717, 1.165) is 6.54 Å². The molecule has 1 heterocycles. The van der Waals surface area contributed by atoms with Crippen LogP contribution >= 0.6 is 12.4 Å². The van der Waals surface area contributed by atoms with E-state index in [4.69, 9.17) is 18.9 Å². The van der Waals surface area contributed by atoms with Gasteiger partial charge in [0, 0.05) is 30.9 Å². The Kier molecular flexibility index (Phi) is 7.23. The maximum absolute atomic E-state index is 12.1. The molecule has 1 atom stereocenters. The molecule has 0 aromatic heterocycles. The van der Waals surface area contributed by atoms with E-state index in [-0.39, 0.29) is 18.3 Å². The highest BCUT2D eigenvalue weighted by Crippen LogP contribution is 2.39. The molecular formula is C14H21ClN2O5. The lowest BCUT2D eigenvalue weighted by Crippen LogP contribution is -2.45. The molecule has 22 heavy (non-hydrogen) atoms. The third-order valence-corrected chi connectivity index (χ3v) is 3.15. The van der Waals surface area contributed by atoms with E-state index in [1.165, 1.54) is 21.3 Å². The minimum Gasteiger partial charge on any atom is -0.493 e. The van der Waals surface area contributed by atoms with Crippen LogP contribution in [0, 0.1) is 0 Å². The quantitative estimate of drug-likeness (QED) is 0.839. The van der Waals surface area contributed by atoms with E-state index in [1.807, 2.05) is 0 Å². The summed E-state index contributed by atoms with van der Waals surface area (Å²) in [6.07, 6.45) is -0.502. The predicted molar refractivity (Wildman–Crippen MR) is 84.6 cm³/mol. The van der Waals surface area contributed by atoms with Crippen LogP contribution in [-0.4, -0.2) is 53.0 Å². The zero-order chi connectivity index (χ0) is 15.2. The van der Waals surface area contributed by atoms with Crippen LogP contribution in [0.15, 0.2) is 12.1 Å². The molecule has 0 saturated carbocycles. The second kappa shape index (κ2) is 8.67. The Hall–Kier alpha value is -1.70. The molecule has 1 unspecified atom stereocenters. The maximum Gasteiger partial charge on any atom is 0.254 e. The van der Waals surface area contributed by atoms with Gasteiger partial charge in [-0.1, -0.05) is 0 Å². The molecule has 0 radical (unpaired) electrons. The van der Waals surface area contributed by atoms with Crippen LogP contribution in [-0.2, 0) is 9.53 Å². The zero-order valence-corrected chi connectivity index (χ0v) is 13.6. The summed E-state index contributed by atoms with van der Waals surface area (Å²) in [6, 6.07) is 3.35. The lowest BCUT2D eigenvalue weighted by molar-refractivity contribution is -0.128. The first-order valence-corrected chi connectivity index (χ1v) is 6.62. The van der Waals surface area contributed by atoms with Crippen molar-refractivity contribution in [1.29, 1.82) is 0 Å². The van der Waals surface area contributed by atoms with Gasteiger partial charge in [-0.2, -0.15) is 0 Å². The minimum atomic E-state index is -0.502. The number of nitrogens with one attached hydrogen (secondary N) is 2. The van der Waals surface area contributed by atoms with E-state index in [2.05, 4.69) is 10.6 Å². The van der Waals surface area contributed by atoms with Crippen molar-refractivity contribution in [2.45, 2.75) is 6.10 Å². The molecule has 8 heteroatoms. The Labute approximate surface area is 135 Å². The normalized spacial score (nSPS) is 17.1. The number of ether oxygens (including phenoxy) is 4. The first-order valence-electron chi connectivity index (χ1n) is 6.62. The Bertz CT molecular complexity index is 481. The van der Waals surface area contributed by atoms with Crippen LogP contribution in [0.3, 0.4) is 0 Å². The number of carbonyl (C=O) groups excluding carboxylic acids is 1. The summed E-state index contributed by atoms with van der Waals surface area (Å²) in [7, 11) is 4.58. The molecule has 0 spiro atoms. The number of rotatable bonds is 5. The monoisotopic (exact) mass is 332 g/mol. The predicted octanol–water partition coefficient (Wildman–Crippen LogP) is 1.06. The Morgan fingerprint density at radius 2 is 1.86 bits per heavy atom. The van der Waals surface area contributed by atoms with E-state index in [9.17, 15) is 4.79 Å². The number of morpholine rings is 1. The number of hydrogen-bond donors (Lipinski definition) is 2. The first-order chi connectivity index (χ1) is 10.2. The molecule has 1 aliphatic rings. The highest BCUT2D eigenvalue weighted by atomic mass is 35.5. The van der Waals surface area contributed by atoms with Crippen molar-refractivity contribution >= 4 is 24.0 Å². The second-order valence-corrected chi connectivity index (χ2v) is 4.47. The summed E-state index contributed by atoms with van der Waals surface area (Å²) in [6.45, 7) is 1.78. The van der Waals surface area contributed by atoms with Crippen LogP contribution in [0.25, 0.3) is 0 Å². The zero-order valence-electron chi connectivity index (χ0n) is 12.8. The summed E-state index contributed by atoms with van der Waals surface area (Å²) in [4.78, 5) is 12.1. The highest BCUT2D eigenvalue weighted by molar-refractivity contribution is 5.95. The third-order valence-electron chi connectivity index (χ3n) is 3.15. The summed E-state index contributed by atoms with van der Waals surface area (Å²) >= 11 is 0. The average molecular weight is 333 g/mol. The molecule has 2 N–H and O–H groups in total. The van der Waals surface area contributed by atoms with E-state index < -0.39 is 6.10 Å². The van der Waals surface area contributed by atoms with Gasteiger partial charge in [-0.25, -0.2) is 0 Å². The molecule has 1 aromatic rings. The Balaban J connectivity index is 0.00000242. The molecule has 1 aromatic carbocycles. The van der Waals surface area contributed by atoms with E-state index in [0.29, 0.717) is 36.1 Å². The van der Waals surface area contributed by atoms with Gasteiger partial charge in [-0.3, -0.25) is 4.79 Å². The van der Waals surface area contributed by atoms with Gasteiger partial charge in [0.2, 0.25) is 5.75 Å². The standard InChI is InChI=1S/C14H20N2O5.ClH/c1-18-10-6-9(7-11(19-2)13(10)20-3)16-14(17)12-8-15-4-5-21-12;/h6-7,12,15H,4-5,8H2,1-3H3,(H,16,17);1H. The molecule has 7 nitrogen and oxygen atoms in total. The smallest absolute Gasteiger partial charge is 0.254 e. The van der Waals surface area contributed by atoms with Gasteiger partial charge in [0.25, 0.3) is 5.91 Å². The van der Waals surface area contributed by atoms with Crippen LogP contribution in [0.5, 0.6) is 17.2 Å². The molecule has 1 saturated heterocycles. The number of halogens is 1. The second-order valence-electron chi connectivity index (χ2n) is 4.47. The van der Waals surface area contributed by atoms with Gasteiger partial charge in [0.1, 0.15) is 6.10 Å². The van der Waals surface area contributed by atoms with Crippen molar-refractivity contribution < 1.29 is 23.7 Å². The van der Waals surface area contributed by atoms with Crippen LogP contribution in [0.4, 0.5) is 5.69 Å². The number of anilines is 1. The highest BCUT2D eigenvalue weighted by Gasteiger charge is 2.23. The summed E-state index contributed by atoms with van der Waals surface area (Å²) in [5.41, 5.74) is 0.559. The third kappa shape index (κ3) is 4.16. The molecule has 124 valence electrons. The van der Waals surface area contributed by atoms with Gasteiger partial charge in [-0.15, -0.1) is 12.4 Å². The van der Waals surface area contributed by atoms with Crippen molar-refractivity contribution in [3.8, 4) is 17.2 Å². The van der Waals surface area contributed by atoms with Crippen molar-refractivity contribution in [2.75, 3.05) is 46.3 Å². The molecule has 1 amide bonds. The summed E-state index contributed by atoms with van der Waals surface area (Å²) < 4.78 is 21.1. The van der Waals surface area contributed by atoms with Crippen molar-refractivity contribution in [1.82, 2.24) is 5.32 Å². The number of benzene rings is 1. The molecular weight excluding hydrogens is 312 g/mol. The number of carbonyl (C=O) groups is 1. The summed E-state index contributed by atoms with van der Waals surface area (Å²) in [5.74, 6) is 1.23. The SMILES string of the molecule is COc1cc(NC(=O)C2CNCCO2)cc(OC)c1OC.Cl.